The van der Waals surface area contributed by atoms with E-state index in [4.69, 9.17) is 4.74 Å². The average molecular weight is 241 g/mol. The van der Waals surface area contributed by atoms with Crippen LogP contribution in [0.1, 0.15) is 53.4 Å². The first kappa shape index (κ1) is 15.0. The molecule has 1 rings (SSSR count). The highest BCUT2D eigenvalue weighted by molar-refractivity contribution is 4.86. The van der Waals surface area contributed by atoms with Crippen molar-refractivity contribution in [3.05, 3.63) is 0 Å². The molecule has 1 aliphatic rings. The van der Waals surface area contributed by atoms with Gasteiger partial charge < -0.3 is 10.1 Å². The molecule has 0 saturated heterocycles. The Morgan fingerprint density at radius 3 is 2.47 bits per heavy atom. The minimum Gasteiger partial charge on any atom is -0.382 e. The number of rotatable bonds is 6. The van der Waals surface area contributed by atoms with Crippen LogP contribution in [0.5, 0.6) is 0 Å². The molecule has 0 heterocycles. The van der Waals surface area contributed by atoms with E-state index in [0.29, 0.717) is 12.1 Å². The van der Waals surface area contributed by atoms with Gasteiger partial charge in [-0.3, -0.25) is 0 Å². The summed E-state index contributed by atoms with van der Waals surface area (Å²) < 4.78 is 5.45. The molecule has 0 bridgehead atoms. The van der Waals surface area contributed by atoms with Gasteiger partial charge in [0.1, 0.15) is 0 Å². The van der Waals surface area contributed by atoms with Gasteiger partial charge in [-0.15, -0.1) is 0 Å². The molecule has 17 heavy (non-hydrogen) atoms. The lowest BCUT2D eigenvalue weighted by Crippen LogP contribution is -2.42. The first-order valence-electron chi connectivity index (χ1n) is 7.34. The van der Waals surface area contributed by atoms with Crippen molar-refractivity contribution < 1.29 is 4.74 Å². The van der Waals surface area contributed by atoms with Crippen LogP contribution in [0.15, 0.2) is 0 Å². The van der Waals surface area contributed by atoms with Crippen LogP contribution in [-0.4, -0.2) is 25.8 Å². The van der Waals surface area contributed by atoms with Crippen LogP contribution in [0, 0.1) is 17.8 Å². The summed E-state index contributed by atoms with van der Waals surface area (Å²) in [7, 11) is 1.83. The van der Waals surface area contributed by atoms with Crippen molar-refractivity contribution in [2.45, 2.75) is 65.5 Å². The van der Waals surface area contributed by atoms with Crippen LogP contribution in [0.3, 0.4) is 0 Å². The Kier molecular flexibility index (Phi) is 6.50. The summed E-state index contributed by atoms with van der Waals surface area (Å²) in [6.07, 6.45) is 5.72. The van der Waals surface area contributed by atoms with Gasteiger partial charge >= 0.3 is 0 Å². The van der Waals surface area contributed by atoms with Gasteiger partial charge in [0.25, 0.3) is 0 Å². The Bertz CT molecular complexity index is 205. The van der Waals surface area contributed by atoms with Crippen molar-refractivity contribution in [2.24, 2.45) is 17.8 Å². The van der Waals surface area contributed by atoms with Crippen LogP contribution >= 0.6 is 0 Å². The normalized spacial score (nSPS) is 31.8. The zero-order valence-electron chi connectivity index (χ0n) is 12.3. The summed E-state index contributed by atoms with van der Waals surface area (Å²) >= 11 is 0. The van der Waals surface area contributed by atoms with Crippen LogP contribution < -0.4 is 5.32 Å². The van der Waals surface area contributed by atoms with Gasteiger partial charge in [0.2, 0.25) is 0 Å². The Morgan fingerprint density at radius 1 is 1.24 bits per heavy atom. The van der Waals surface area contributed by atoms with E-state index in [1.54, 1.807) is 0 Å². The quantitative estimate of drug-likeness (QED) is 0.769. The summed E-state index contributed by atoms with van der Waals surface area (Å²) in [4.78, 5) is 0. The van der Waals surface area contributed by atoms with Gasteiger partial charge in [0, 0.05) is 13.2 Å². The van der Waals surface area contributed by atoms with E-state index < -0.39 is 0 Å². The van der Waals surface area contributed by atoms with Crippen molar-refractivity contribution in [3.63, 3.8) is 0 Å². The highest BCUT2D eigenvalue weighted by Crippen LogP contribution is 2.36. The zero-order valence-corrected chi connectivity index (χ0v) is 12.3. The minimum absolute atomic E-state index is 0.395. The molecule has 1 fully saturated rings. The smallest absolute Gasteiger partial charge is 0.0546 e. The lowest BCUT2D eigenvalue weighted by molar-refractivity contribution is 0.0651. The molecule has 4 atom stereocenters. The SMILES string of the molecule is CCNC1CCC(C(C)C)CC1CC(C)OC. The molecular formula is C15H31NO. The van der Waals surface area contributed by atoms with Gasteiger partial charge in [-0.25, -0.2) is 0 Å². The average Bonchev–Trinajstić information content (AvgIpc) is 2.31. The van der Waals surface area contributed by atoms with Gasteiger partial charge in [-0.2, -0.15) is 0 Å². The molecule has 0 aliphatic heterocycles. The van der Waals surface area contributed by atoms with Crippen LogP contribution in [-0.2, 0) is 4.74 Å². The Morgan fingerprint density at radius 2 is 1.94 bits per heavy atom. The molecule has 0 spiro atoms. The Balaban J connectivity index is 2.55. The number of hydrogen-bond acceptors (Lipinski definition) is 2. The lowest BCUT2D eigenvalue weighted by Gasteiger charge is -2.39. The monoisotopic (exact) mass is 241 g/mol. The summed E-state index contributed by atoms with van der Waals surface area (Å²) in [5.41, 5.74) is 0. The summed E-state index contributed by atoms with van der Waals surface area (Å²) in [5.74, 6) is 2.54. The molecule has 0 aromatic heterocycles. The van der Waals surface area contributed by atoms with Gasteiger partial charge in [0.15, 0.2) is 0 Å². The van der Waals surface area contributed by atoms with Crippen molar-refractivity contribution in [3.8, 4) is 0 Å². The zero-order chi connectivity index (χ0) is 12.8. The second kappa shape index (κ2) is 7.38. The maximum Gasteiger partial charge on any atom is 0.0546 e. The molecule has 0 aromatic rings. The number of nitrogens with one attached hydrogen (secondary N) is 1. The van der Waals surface area contributed by atoms with E-state index >= 15 is 0 Å². The largest absolute Gasteiger partial charge is 0.382 e. The summed E-state index contributed by atoms with van der Waals surface area (Å²) in [6.45, 7) is 10.2. The summed E-state index contributed by atoms with van der Waals surface area (Å²) in [5, 5.41) is 3.67. The molecule has 102 valence electrons. The number of methoxy groups -OCH3 is 1. The van der Waals surface area contributed by atoms with Crippen LogP contribution in [0.4, 0.5) is 0 Å². The molecule has 1 N–H and O–H groups in total. The molecule has 0 aromatic carbocycles. The first-order chi connectivity index (χ1) is 8.08. The number of ether oxygens (including phenoxy) is 1. The third-order valence-corrected chi connectivity index (χ3v) is 4.47. The van der Waals surface area contributed by atoms with E-state index in [1.807, 2.05) is 7.11 Å². The van der Waals surface area contributed by atoms with Crippen molar-refractivity contribution in [1.82, 2.24) is 5.32 Å². The van der Waals surface area contributed by atoms with E-state index in [1.165, 1.54) is 25.7 Å². The van der Waals surface area contributed by atoms with E-state index in [2.05, 4.69) is 33.0 Å². The second-order valence-corrected chi connectivity index (χ2v) is 6.02. The van der Waals surface area contributed by atoms with Gasteiger partial charge in [-0.05, 0) is 56.9 Å². The maximum atomic E-state index is 5.45. The fraction of sp³-hybridized carbons (Fsp3) is 1.00. The standard InChI is InChI=1S/C15H31NO/c1-6-16-15-8-7-13(11(2)3)10-14(15)9-12(4)17-5/h11-16H,6-10H2,1-5H3. The van der Waals surface area contributed by atoms with Crippen LogP contribution in [0.25, 0.3) is 0 Å². The Hall–Kier alpha value is -0.0800. The predicted molar refractivity (Wildman–Crippen MR) is 74.2 cm³/mol. The first-order valence-corrected chi connectivity index (χ1v) is 7.34. The second-order valence-electron chi connectivity index (χ2n) is 6.02. The van der Waals surface area contributed by atoms with Gasteiger partial charge in [-0.1, -0.05) is 20.8 Å². The third kappa shape index (κ3) is 4.59. The van der Waals surface area contributed by atoms with Crippen molar-refractivity contribution in [2.75, 3.05) is 13.7 Å². The molecule has 2 heteroatoms. The molecular weight excluding hydrogens is 210 g/mol. The fourth-order valence-electron chi connectivity index (χ4n) is 3.22. The lowest BCUT2D eigenvalue weighted by atomic mass is 9.72. The fourth-order valence-corrected chi connectivity index (χ4v) is 3.22. The topological polar surface area (TPSA) is 21.3 Å². The molecule has 0 radical (unpaired) electrons. The van der Waals surface area contributed by atoms with Crippen molar-refractivity contribution in [1.29, 1.82) is 0 Å². The highest BCUT2D eigenvalue weighted by atomic mass is 16.5. The van der Waals surface area contributed by atoms with Crippen molar-refractivity contribution >= 4 is 0 Å². The predicted octanol–water partition coefficient (Wildman–Crippen LogP) is 3.46. The maximum absolute atomic E-state index is 5.45. The molecule has 4 unspecified atom stereocenters. The molecule has 1 saturated carbocycles. The molecule has 1 aliphatic carbocycles. The number of hydrogen-bond donors (Lipinski definition) is 1. The van der Waals surface area contributed by atoms with E-state index in [9.17, 15) is 0 Å². The molecule has 2 nitrogen and oxygen atoms in total. The third-order valence-electron chi connectivity index (χ3n) is 4.47. The van der Waals surface area contributed by atoms with Gasteiger partial charge in [0.05, 0.1) is 6.10 Å². The van der Waals surface area contributed by atoms with E-state index in [0.717, 1.165) is 24.3 Å². The Labute approximate surface area is 108 Å². The van der Waals surface area contributed by atoms with Crippen LogP contribution in [0.2, 0.25) is 0 Å². The molecule has 0 amide bonds. The highest BCUT2D eigenvalue weighted by Gasteiger charge is 2.31. The van der Waals surface area contributed by atoms with E-state index in [-0.39, 0.29) is 0 Å². The minimum atomic E-state index is 0.395. The summed E-state index contributed by atoms with van der Waals surface area (Å²) in [6, 6.07) is 0.715.